The molecule has 2 rings (SSSR count). The van der Waals surface area contributed by atoms with Crippen molar-refractivity contribution in [1.29, 1.82) is 0 Å². The summed E-state index contributed by atoms with van der Waals surface area (Å²) >= 11 is 0.983. The largest absolute Gasteiger partial charge is 0.477 e. The molecule has 1 aromatic rings. The Labute approximate surface area is 122 Å². The number of rotatable bonds is 4. The van der Waals surface area contributed by atoms with Gasteiger partial charge in [0.2, 0.25) is 10.0 Å². The molecule has 0 aliphatic carbocycles. The summed E-state index contributed by atoms with van der Waals surface area (Å²) in [6.07, 6.45) is 1.76. The van der Waals surface area contributed by atoms with E-state index in [1.165, 1.54) is 6.07 Å². The number of thiophene rings is 1. The van der Waals surface area contributed by atoms with E-state index in [9.17, 15) is 13.2 Å². The second-order valence-electron chi connectivity index (χ2n) is 5.06. The molecule has 2 N–H and O–H groups in total. The molecule has 1 unspecified atom stereocenters. The van der Waals surface area contributed by atoms with Crippen LogP contribution in [-0.2, 0) is 10.0 Å². The molecule has 0 radical (unpaired) electrons. The van der Waals surface area contributed by atoms with Crippen molar-refractivity contribution in [2.24, 2.45) is 0 Å². The van der Waals surface area contributed by atoms with Gasteiger partial charge in [-0.1, -0.05) is 0 Å². The highest BCUT2D eigenvalue weighted by molar-refractivity contribution is 7.89. The van der Waals surface area contributed by atoms with Crippen molar-refractivity contribution in [3.05, 3.63) is 15.8 Å². The lowest BCUT2D eigenvalue weighted by molar-refractivity contribution is 0.0702. The number of sulfonamides is 1. The smallest absolute Gasteiger partial charge is 0.345 e. The number of nitrogens with one attached hydrogen (secondary N) is 1. The van der Waals surface area contributed by atoms with Gasteiger partial charge in [0.05, 0.1) is 4.90 Å². The number of aryl methyl sites for hydroxylation is 1. The van der Waals surface area contributed by atoms with Crippen LogP contribution in [0.2, 0.25) is 0 Å². The topological polar surface area (TPSA) is 86.7 Å². The molecule has 0 amide bonds. The number of hydrogen-bond acceptors (Lipinski definition) is 5. The Kier molecular flexibility index (Phi) is 4.48. The zero-order valence-electron chi connectivity index (χ0n) is 11.4. The van der Waals surface area contributed by atoms with Crippen LogP contribution in [0.15, 0.2) is 11.0 Å². The van der Waals surface area contributed by atoms with Crippen LogP contribution in [0.4, 0.5) is 0 Å². The quantitative estimate of drug-likeness (QED) is 0.869. The van der Waals surface area contributed by atoms with E-state index in [2.05, 4.69) is 9.62 Å². The zero-order chi connectivity index (χ0) is 14.9. The Hall–Kier alpha value is -0.960. The summed E-state index contributed by atoms with van der Waals surface area (Å²) in [5, 5.41) is 8.93. The third-order valence-electron chi connectivity index (χ3n) is 3.32. The highest BCUT2D eigenvalue weighted by Gasteiger charge is 2.27. The van der Waals surface area contributed by atoms with Crippen LogP contribution in [0, 0.1) is 6.92 Å². The Balaban J connectivity index is 2.19. The number of carboxylic acids is 1. The summed E-state index contributed by atoms with van der Waals surface area (Å²) < 4.78 is 27.4. The Morgan fingerprint density at radius 1 is 1.55 bits per heavy atom. The summed E-state index contributed by atoms with van der Waals surface area (Å²) in [6, 6.07) is 1.11. The number of piperidine rings is 1. The van der Waals surface area contributed by atoms with E-state index in [0.717, 1.165) is 30.7 Å². The van der Waals surface area contributed by atoms with Gasteiger partial charge < -0.3 is 10.0 Å². The fourth-order valence-corrected chi connectivity index (χ4v) is 5.07. The summed E-state index contributed by atoms with van der Waals surface area (Å²) in [6.45, 7) is 3.27. The summed E-state index contributed by atoms with van der Waals surface area (Å²) in [4.78, 5) is 13.6. The molecule has 1 aliphatic heterocycles. The second-order valence-corrected chi connectivity index (χ2v) is 8.00. The predicted molar refractivity (Wildman–Crippen MR) is 76.9 cm³/mol. The van der Waals surface area contributed by atoms with E-state index < -0.39 is 16.0 Å². The van der Waals surface area contributed by atoms with E-state index in [1.54, 1.807) is 6.92 Å². The maximum atomic E-state index is 12.3. The van der Waals surface area contributed by atoms with Crippen molar-refractivity contribution < 1.29 is 18.3 Å². The van der Waals surface area contributed by atoms with Crippen molar-refractivity contribution in [2.45, 2.75) is 30.7 Å². The molecule has 1 atom stereocenters. The number of nitrogens with zero attached hydrogens (tertiary/aromatic N) is 1. The molecule has 8 heteroatoms. The third kappa shape index (κ3) is 3.38. The molecule has 6 nitrogen and oxygen atoms in total. The number of carboxylic acid groups (broad SMARTS) is 1. The summed E-state index contributed by atoms with van der Waals surface area (Å²) in [7, 11) is -1.70. The van der Waals surface area contributed by atoms with E-state index in [0.29, 0.717) is 11.4 Å². The van der Waals surface area contributed by atoms with Crippen molar-refractivity contribution >= 4 is 27.3 Å². The number of hydrogen-bond donors (Lipinski definition) is 2. The lowest BCUT2D eigenvalue weighted by Gasteiger charge is -2.29. The van der Waals surface area contributed by atoms with Gasteiger partial charge in [-0.25, -0.2) is 17.9 Å². The van der Waals surface area contributed by atoms with Crippen LogP contribution in [0.3, 0.4) is 0 Å². The van der Waals surface area contributed by atoms with Crippen LogP contribution in [-0.4, -0.2) is 50.6 Å². The highest BCUT2D eigenvalue weighted by Crippen LogP contribution is 2.26. The SMILES string of the molecule is Cc1sc(C(=O)O)cc1S(=O)(=O)NC1CCCN(C)C1. The van der Waals surface area contributed by atoms with Gasteiger partial charge >= 0.3 is 5.97 Å². The van der Waals surface area contributed by atoms with Gasteiger partial charge in [0.15, 0.2) is 0 Å². The van der Waals surface area contributed by atoms with Crippen LogP contribution >= 0.6 is 11.3 Å². The van der Waals surface area contributed by atoms with E-state index in [-0.39, 0.29) is 15.8 Å². The number of likely N-dealkylation sites (N-methyl/N-ethyl adjacent to an activating group) is 1. The minimum atomic E-state index is -3.66. The van der Waals surface area contributed by atoms with Gasteiger partial charge in [0, 0.05) is 17.5 Å². The number of likely N-dealkylation sites (tertiary alicyclic amines) is 1. The molecule has 112 valence electrons. The first-order valence-electron chi connectivity index (χ1n) is 6.34. The summed E-state index contributed by atoms with van der Waals surface area (Å²) in [5.74, 6) is -1.10. The van der Waals surface area contributed by atoms with E-state index in [4.69, 9.17) is 5.11 Å². The normalized spacial score (nSPS) is 21.0. The number of aromatic carboxylic acids is 1. The third-order valence-corrected chi connectivity index (χ3v) is 6.13. The maximum absolute atomic E-state index is 12.3. The van der Waals surface area contributed by atoms with Crippen LogP contribution in [0.1, 0.15) is 27.4 Å². The Morgan fingerprint density at radius 3 is 2.80 bits per heavy atom. The summed E-state index contributed by atoms with van der Waals surface area (Å²) in [5.41, 5.74) is 0. The first kappa shape index (κ1) is 15.4. The van der Waals surface area contributed by atoms with Crippen molar-refractivity contribution in [3.8, 4) is 0 Å². The minimum absolute atomic E-state index is 0.0450. The Morgan fingerprint density at radius 2 is 2.25 bits per heavy atom. The molecule has 1 saturated heterocycles. The van der Waals surface area contributed by atoms with Crippen LogP contribution < -0.4 is 4.72 Å². The minimum Gasteiger partial charge on any atom is -0.477 e. The molecular weight excluding hydrogens is 300 g/mol. The molecular formula is C12H18N2O4S2. The zero-order valence-corrected chi connectivity index (χ0v) is 13.1. The first-order chi connectivity index (χ1) is 9.29. The molecule has 0 aromatic carbocycles. The maximum Gasteiger partial charge on any atom is 0.345 e. The van der Waals surface area contributed by atoms with E-state index in [1.807, 2.05) is 7.05 Å². The van der Waals surface area contributed by atoms with Crippen molar-refractivity contribution in [3.63, 3.8) is 0 Å². The molecule has 20 heavy (non-hydrogen) atoms. The molecule has 1 fully saturated rings. The van der Waals surface area contributed by atoms with Gasteiger partial charge in [0.25, 0.3) is 0 Å². The van der Waals surface area contributed by atoms with Crippen molar-refractivity contribution in [2.75, 3.05) is 20.1 Å². The van der Waals surface area contributed by atoms with Crippen molar-refractivity contribution in [1.82, 2.24) is 9.62 Å². The molecule has 0 spiro atoms. The van der Waals surface area contributed by atoms with Gasteiger partial charge in [-0.2, -0.15) is 0 Å². The lowest BCUT2D eigenvalue weighted by Crippen LogP contribution is -2.46. The fraction of sp³-hybridized carbons (Fsp3) is 0.583. The predicted octanol–water partition coefficient (Wildman–Crippen LogP) is 1.13. The monoisotopic (exact) mass is 318 g/mol. The molecule has 1 aliphatic rings. The Bertz CT molecular complexity index is 609. The molecule has 0 bridgehead atoms. The van der Waals surface area contributed by atoms with Crippen LogP contribution in [0.25, 0.3) is 0 Å². The number of carbonyl (C=O) groups is 1. The fourth-order valence-electron chi connectivity index (χ4n) is 2.38. The lowest BCUT2D eigenvalue weighted by atomic mass is 10.1. The average Bonchev–Trinajstić information content (AvgIpc) is 2.71. The van der Waals surface area contributed by atoms with Gasteiger partial charge in [-0.05, 0) is 39.4 Å². The van der Waals surface area contributed by atoms with Gasteiger partial charge in [-0.15, -0.1) is 11.3 Å². The first-order valence-corrected chi connectivity index (χ1v) is 8.64. The highest BCUT2D eigenvalue weighted by atomic mass is 32.2. The second kappa shape index (κ2) is 5.80. The standard InChI is InChI=1S/C12H18N2O4S2/c1-8-11(6-10(19-8)12(15)16)20(17,18)13-9-4-3-5-14(2)7-9/h6,9,13H,3-5,7H2,1-2H3,(H,15,16). The molecule has 1 aromatic heterocycles. The molecule has 2 heterocycles. The molecule has 0 saturated carbocycles. The van der Waals surface area contributed by atoms with Gasteiger partial charge in [0.1, 0.15) is 4.88 Å². The van der Waals surface area contributed by atoms with Crippen LogP contribution in [0.5, 0.6) is 0 Å². The average molecular weight is 318 g/mol. The van der Waals surface area contributed by atoms with E-state index >= 15 is 0 Å². The van der Waals surface area contributed by atoms with Gasteiger partial charge in [-0.3, -0.25) is 0 Å².